The van der Waals surface area contributed by atoms with Crippen LogP contribution in [0.1, 0.15) is 55.6 Å². The normalized spacial score (nSPS) is 24.0. The van der Waals surface area contributed by atoms with Gasteiger partial charge in [-0.3, -0.25) is 9.59 Å². The van der Waals surface area contributed by atoms with Crippen molar-refractivity contribution in [3.63, 3.8) is 0 Å². The largest absolute Gasteiger partial charge is 0.481 e. The molecule has 0 aromatic heterocycles. The summed E-state index contributed by atoms with van der Waals surface area (Å²) in [6.45, 7) is 0.722. The Balaban J connectivity index is 0.994. The summed E-state index contributed by atoms with van der Waals surface area (Å²) in [7, 11) is 0. The van der Waals surface area contributed by atoms with Crippen LogP contribution < -0.4 is 10.6 Å². The summed E-state index contributed by atoms with van der Waals surface area (Å²) in [4.78, 5) is 35.8. The Morgan fingerprint density at radius 3 is 2.29 bits per heavy atom. The van der Waals surface area contributed by atoms with Crippen LogP contribution >= 0.6 is 0 Å². The van der Waals surface area contributed by atoms with E-state index in [1.807, 2.05) is 24.3 Å². The van der Waals surface area contributed by atoms with Gasteiger partial charge in [-0.2, -0.15) is 0 Å². The van der Waals surface area contributed by atoms with Gasteiger partial charge in [0.1, 0.15) is 6.61 Å². The summed E-state index contributed by atoms with van der Waals surface area (Å²) < 4.78 is 5.52. The van der Waals surface area contributed by atoms with Crippen LogP contribution in [-0.2, 0) is 14.3 Å². The van der Waals surface area contributed by atoms with Gasteiger partial charge >= 0.3 is 12.1 Å². The molecule has 2 aromatic rings. The predicted octanol–water partition coefficient (Wildman–Crippen LogP) is 4.06. The number of carbonyl (C=O) groups excluding carboxylic acids is 2. The molecule has 5 rings (SSSR count). The molecule has 3 atom stereocenters. The molecule has 0 unspecified atom stereocenters. The van der Waals surface area contributed by atoms with E-state index in [1.165, 1.54) is 22.3 Å². The summed E-state index contributed by atoms with van der Waals surface area (Å²) in [5.41, 5.74) is 4.16. The standard InChI is InChI=1S/C27H30N2O5/c30-24(29-18-13-17-14-27(17,15-18)25(31)32)11-5-6-12-28-26(33)34-16-23-21-9-3-1-7-19(21)20-8-2-4-10-22(20)23/h1-4,7-10,17-18,23H,5-6,11-16H2,(H,28,33)(H,29,30)(H,31,32)/t17-,18+,27+/m1/s1. The number of alkyl carbamates (subject to hydrolysis) is 1. The number of carboxylic acids is 1. The van der Waals surface area contributed by atoms with Crippen molar-refractivity contribution in [3.05, 3.63) is 59.7 Å². The number of aliphatic carboxylic acids is 1. The van der Waals surface area contributed by atoms with Crippen molar-refractivity contribution in [1.82, 2.24) is 10.6 Å². The molecule has 2 amide bonds. The Morgan fingerprint density at radius 1 is 0.971 bits per heavy atom. The van der Waals surface area contributed by atoms with Crippen LogP contribution in [0.2, 0.25) is 0 Å². The van der Waals surface area contributed by atoms with Crippen molar-refractivity contribution >= 4 is 18.0 Å². The van der Waals surface area contributed by atoms with Gasteiger partial charge in [0.25, 0.3) is 0 Å². The summed E-state index contributed by atoms with van der Waals surface area (Å²) >= 11 is 0. The van der Waals surface area contributed by atoms with Gasteiger partial charge in [-0.1, -0.05) is 48.5 Å². The molecule has 3 N–H and O–H groups in total. The second-order valence-corrected chi connectivity index (χ2v) is 9.78. The van der Waals surface area contributed by atoms with E-state index in [4.69, 9.17) is 4.74 Å². The average molecular weight is 463 g/mol. The van der Waals surface area contributed by atoms with E-state index in [2.05, 4.69) is 34.9 Å². The molecule has 0 aliphatic heterocycles. The van der Waals surface area contributed by atoms with Crippen molar-refractivity contribution in [3.8, 4) is 11.1 Å². The number of carboxylic acid groups (broad SMARTS) is 1. The minimum Gasteiger partial charge on any atom is -0.481 e. The quantitative estimate of drug-likeness (QED) is 0.488. The van der Waals surface area contributed by atoms with Gasteiger partial charge in [0.15, 0.2) is 0 Å². The maximum Gasteiger partial charge on any atom is 0.407 e. The second-order valence-electron chi connectivity index (χ2n) is 9.78. The Kier molecular flexibility index (Phi) is 6.02. The van der Waals surface area contributed by atoms with Crippen LogP contribution in [0.4, 0.5) is 4.79 Å². The highest BCUT2D eigenvalue weighted by atomic mass is 16.5. The lowest BCUT2D eigenvalue weighted by Crippen LogP contribution is -2.35. The predicted molar refractivity (Wildman–Crippen MR) is 126 cm³/mol. The lowest BCUT2D eigenvalue weighted by atomic mass is 9.98. The van der Waals surface area contributed by atoms with E-state index in [9.17, 15) is 19.5 Å². The number of unbranched alkanes of at least 4 members (excludes halogenated alkanes) is 1. The molecule has 2 saturated carbocycles. The van der Waals surface area contributed by atoms with Gasteiger partial charge in [0.05, 0.1) is 5.41 Å². The lowest BCUT2D eigenvalue weighted by Gasteiger charge is -2.16. The summed E-state index contributed by atoms with van der Waals surface area (Å²) in [6.07, 6.45) is 3.29. The smallest absolute Gasteiger partial charge is 0.407 e. The van der Waals surface area contributed by atoms with Gasteiger partial charge < -0.3 is 20.5 Å². The molecule has 3 aliphatic rings. The fraction of sp³-hybridized carbons (Fsp3) is 0.444. The van der Waals surface area contributed by atoms with E-state index in [-0.39, 0.29) is 30.4 Å². The van der Waals surface area contributed by atoms with Crippen LogP contribution in [0.3, 0.4) is 0 Å². The van der Waals surface area contributed by atoms with E-state index >= 15 is 0 Å². The van der Waals surface area contributed by atoms with Crippen LogP contribution in [0, 0.1) is 11.3 Å². The molecule has 0 spiro atoms. The van der Waals surface area contributed by atoms with E-state index in [1.54, 1.807) is 0 Å². The third-order valence-corrected chi connectivity index (χ3v) is 7.65. The average Bonchev–Trinajstić information content (AvgIpc) is 3.26. The number of rotatable bonds is 9. The van der Waals surface area contributed by atoms with Gasteiger partial charge in [-0.15, -0.1) is 0 Å². The highest BCUT2D eigenvalue weighted by Crippen LogP contribution is 2.63. The number of hydrogen-bond acceptors (Lipinski definition) is 4. The Hall–Kier alpha value is -3.35. The van der Waals surface area contributed by atoms with E-state index in [0.29, 0.717) is 32.2 Å². The van der Waals surface area contributed by atoms with Gasteiger partial charge in [-0.25, -0.2) is 4.79 Å². The molecular weight excluding hydrogens is 432 g/mol. The first kappa shape index (κ1) is 22.4. The number of ether oxygens (including phenoxy) is 1. The van der Waals surface area contributed by atoms with Crippen LogP contribution in [0.25, 0.3) is 11.1 Å². The number of hydrogen-bond donors (Lipinski definition) is 3. The molecule has 0 saturated heterocycles. The van der Waals surface area contributed by atoms with Gasteiger partial charge in [0.2, 0.25) is 5.91 Å². The third-order valence-electron chi connectivity index (χ3n) is 7.65. The van der Waals surface area contributed by atoms with E-state index < -0.39 is 17.5 Å². The summed E-state index contributed by atoms with van der Waals surface area (Å²) in [5.74, 6) is -0.526. The minimum absolute atomic E-state index is 0.0266. The SMILES string of the molecule is O=C(CCCCNC(=O)OCC1c2ccccc2-c2ccccc21)N[C@H]1C[C@@H]2C[C@]2(C(=O)O)C1. The molecule has 0 bridgehead atoms. The zero-order valence-electron chi connectivity index (χ0n) is 19.1. The number of fused-ring (bicyclic) bond motifs is 4. The molecular formula is C27H30N2O5. The van der Waals surface area contributed by atoms with Gasteiger partial charge in [-0.05, 0) is 60.3 Å². The van der Waals surface area contributed by atoms with E-state index in [0.717, 1.165) is 12.8 Å². The molecule has 3 aliphatic carbocycles. The van der Waals surface area contributed by atoms with Gasteiger partial charge in [0, 0.05) is 24.9 Å². The third kappa shape index (κ3) is 4.27. The van der Waals surface area contributed by atoms with Crippen LogP contribution in [0.5, 0.6) is 0 Å². The Morgan fingerprint density at radius 2 is 1.65 bits per heavy atom. The van der Waals surface area contributed by atoms with Crippen LogP contribution in [0.15, 0.2) is 48.5 Å². The fourth-order valence-corrected chi connectivity index (χ4v) is 5.82. The van der Waals surface area contributed by atoms with Crippen molar-refractivity contribution in [2.75, 3.05) is 13.2 Å². The second kappa shape index (κ2) is 9.12. The van der Waals surface area contributed by atoms with Crippen LogP contribution in [-0.4, -0.2) is 42.3 Å². The van der Waals surface area contributed by atoms with Crippen molar-refractivity contribution in [2.24, 2.45) is 11.3 Å². The first-order chi connectivity index (χ1) is 16.5. The molecule has 2 aromatic carbocycles. The zero-order chi connectivity index (χ0) is 23.7. The van der Waals surface area contributed by atoms with Crippen molar-refractivity contribution in [1.29, 1.82) is 0 Å². The summed E-state index contributed by atoms with van der Waals surface area (Å²) in [5, 5.41) is 15.1. The molecule has 2 fully saturated rings. The fourth-order valence-electron chi connectivity index (χ4n) is 5.82. The Bertz CT molecular complexity index is 1070. The maximum atomic E-state index is 12.2. The molecule has 0 radical (unpaired) electrons. The highest BCUT2D eigenvalue weighted by Gasteiger charge is 2.65. The first-order valence-electron chi connectivity index (χ1n) is 12.1. The molecule has 0 heterocycles. The van der Waals surface area contributed by atoms with Crippen molar-refractivity contribution in [2.45, 2.75) is 50.5 Å². The maximum absolute atomic E-state index is 12.2. The number of carbonyl (C=O) groups is 3. The Labute approximate surface area is 198 Å². The lowest BCUT2D eigenvalue weighted by molar-refractivity contribution is -0.143. The first-order valence-corrected chi connectivity index (χ1v) is 12.1. The monoisotopic (exact) mass is 462 g/mol. The topological polar surface area (TPSA) is 105 Å². The number of amides is 2. The molecule has 178 valence electrons. The number of nitrogens with one attached hydrogen (secondary N) is 2. The van der Waals surface area contributed by atoms with Crippen molar-refractivity contribution < 1.29 is 24.2 Å². The summed E-state index contributed by atoms with van der Waals surface area (Å²) in [6, 6.07) is 16.4. The number of benzene rings is 2. The molecule has 34 heavy (non-hydrogen) atoms. The zero-order valence-corrected chi connectivity index (χ0v) is 19.1. The molecule has 7 heteroatoms. The molecule has 7 nitrogen and oxygen atoms in total. The highest BCUT2D eigenvalue weighted by molar-refractivity contribution is 5.81. The minimum atomic E-state index is -0.728.